The van der Waals surface area contributed by atoms with E-state index in [0.717, 1.165) is 82.7 Å². The van der Waals surface area contributed by atoms with Gasteiger partial charge in [0, 0.05) is 50.0 Å². The molecule has 0 saturated heterocycles. The number of hydrogen-bond acceptors (Lipinski definition) is 4. The topological polar surface area (TPSA) is 48.1 Å². The number of rotatable bonds is 6. The molecule has 12 aromatic rings. The van der Waals surface area contributed by atoms with Crippen LogP contribution in [-0.4, -0.2) is 19.1 Å². The fourth-order valence-electron chi connectivity index (χ4n) is 10.8. The number of nitrogens with zero attached hydrogens (tertiary/aromatic N) is 5. The number of pyridine rings is 2. The maximum absolute atomic E-state index is 6.73. The van der Waals surface area contributed by atoms with Crippen LogP contribution in [0.15, 0.2) is 201 Å². The van der Waals surface area contributed by atoms with E-state index in [2.05, 4.69) is 250 Å². The van der Waals surface area contributed by atoms with E-state index in [9.17, 15) is 0 Å². The van der Waals surface area contributed by atoms with Crippen LogP contribution in [0.1, 0.15) is 52.7 Å². The summed E-state index contributed by atoms with van der Waals surface area (Å²) < 4.78 is 11.3. The second-order valence-electron chi connectivity index (χ2n) is 21.2. The molecule has 74 heavy (non-hydrogen) atoms. The molecule has 0 fully saturated rings. The molecule has 0 aliphatic carbocycles. The van der Waals surface area contributed by atoms with Crippen molar-refractivity contribution in [3.05, 3.63) is 231 Å². The molecule has 0 saturated carbocycles. The predicted octanol–water partition coefficient (Wildman–Crippen LogP) is 17.6. The average Bonchev–Trinajstić information content (AvgIpc) is 3.98. The van der Waals surface area contributed by atoms with E-state index in [1.807, 2.05) is 18.5 Å². The maximum atomic E-state index is 6.73. The second-order valence-corrected chi connectivity index (χ2v) is 21.2. The van der Waals surface area contributed by atoms with Gasteiger partial charge in [0.25, 0.3) is 0 Å². The SMILES string of the molecule is CC(C)(C)c1cc(-c2ccccc2)cc(-c2cccc3c4ccccc4c4ccccc4c4cccc5c4n(c23)[CH-]N5c2[c-]c(Oc3[c-]c4c(cc3)c3ccccc3n4-c3cc(C(C)(C)C)ccn3)cnc2)c1.[Pt]. The summed E-state index contributed by atoms with van der Waals surface area (Å²) in [7, 11) is 0. The molecular weight excluding hydrogens is 1090 g/mol. The average molecular weight is 1140 g/mol. The predicted molar refractivity (Wildman–Crippen MR) is 303 cm³/mol. The quantitative estimate of drug-likeness (QED) is 0.156. The minimum Gasteiger partial charge on any atom is -0.508 e. The van der Waals surface area contributed by atoms with Crippen molar-refractivity contribution < 1.29 is 25.8 Å². The van der Waals surface area contributed by atoms with Crippen molar-refractivity contribution >= 4 is 76.5 Å². The van der Waals surface area contributed by atoms with Gasteiger partial charge in [0.15, 0.2) is 0 Å². The largest absolute Gasteiger partial charge is 0.508 e. The number of benzene rings is 8. The van der Waals surface area contributed by atoms with Crippen LogP contribution in [0.4, 0.5) is 11.4 Å². The van der Waals surface area contributed by atoms with Crippen molar-refractivity contribution in [3.63, 3.8) is 0 Å². The monoisotopic (exact) mass is 1140 g/mol. The van der Waals surface area contributed by atoms with Crippen LogP contribution < -0.4 is 9.64 Å². The zero-order chi connectivity index (χ0) is 49.6. The molecule has 0 radical (unpaired) electrons. The van der Waals surface area contributed by atoms with E-state index in [1.165, 1.54) is 33.0 Å². The molecule has 5 heterocycles. The first-order valence-electron chi connectivity index (χ1n) is 25.0. The Bertz CT molecular complexity index is 4250. The Morgan fingerprint density at radius 1 is 0.486 bits per heavy atom. The molecule has 1 aliphatic rings. The first-order chi connectivity index (χ1) is 35.5. The molecule has 1 aliphatic heterocycles. The molecular formula is C67H52N5OPt-3. The Balaban J connectivity index is 0.00000556. The number of hydrogen-bond donors (Lipinski definition) is 0. The third kappa shape index (κ3) is 7.96. The summed E-state index contributed by atoms with van der Waals surface area (Å²) in [5, 5.41) is 9.14. The van der Waals surface area contributed by atoms with Crippen LogP contribution in [0, 0.1) is 18.8 Å². The van der Waals surface area contributed by atoms with Crippen molar-refractivity contribution in [1.29, 1.82) is 0 Å². The summed E-state index contributed by atoms with van der Waals surface area (Å²) in [6, 6.07) is 73.0. The van der Waals surface area contributed by atoms with Crippen LogP contribution in [-0.2, 0) is 31.9 Å². The van der Waals surface area contributed by atoms with E-state index < -0.39 is 0 Å². The van der Waals surface area contributed by atoms with Crippen molar-refractivity contribution in [1.82, 2.24) is 19.1 Å². The van der Waals surface area contributed by atoms with Crippen LogP contribution in [0.3, 0.4) is 0 Å². The Morgan fingerprint density at radius 3 is 1.82 bits per heavy atom. The summed E-state index contributed by atoms with van der Waals surface area (Å²) >= 11 is 0. The van der Waals surface area contributed by atoms with Crippen LogP contribution in [0.2, 0.25) is 0 Å². The van der Waals surface area contributed by atoms with E-state index >= 15 is 0 Å². The fraction of sp³-hybridized carbons (Fsp3) is 0.119. The number of aromatic nitrogens is 4. The van der Waals surface area contributed by atoms with Crippen LogP contribution in [0.25, 0.3) is 93.2 Å². The minimum absolute atomic E-state index is 0. The Morgan fingerprint density at radius 2 is 1.11 bits per heavy atom. The third-order valence-corrected chi connectivity index (χ3v) is 14.5. The number of anilines is 2. The summed E-state index contributed by atoms with van der Waals surface area (Å²) in [6.07, 6.45) is 5.49. The Hall–Kier alpha value is -8.18. The maximum Gasteiger partial charge on any atom is 0.135 e. The normalized spacial score (nSPS) is 12.4. The van der Waals surface area contributed by atoms with Gasteiger partial charge in [-0.25, -0.2) is 4.98 Å². The molecule has 6 nitrogen and oxygen atoms in total. The number of ether oxygens (including phenoxy) is 1. The van der Waals surface area contributed by atoms with E-state index in [4.69, 9.17) is 14.7 Å². The third-order valence-electron chi connectivity index (χ3n) is 14.5. The van der Waals surface area contributed by atoms with Gasteiger partial charge >= 0.3 is 0 Å². The van der Waals surface area contributed by atoms with E-state index in [0.29, 0.717) is 11.5 Å². The first-order valence-corrected chi connectivity index (χ1v) is 25.0. The molecule has 0 atom stereocenters. The summed E-state index contributed by atoms with van der Waals surface area (Å²) in [5.74, 6) is 1.86. The van der Waals surface area contributed by atoms with Crippen molar-refractivity contribution in [2.45, 2.75) is 52.4 Å². The van der Waals surface area contributed by atoms with Crippen molar-refractivity contribution in [2.24, 2.45) is 0 Å². The van der Waals surface area contributed by atoms with Gasteiger partial charge in [0.05, 0.1) is 0 Å². The molecule has 8 aromatic carbocycles. The fourth-order valence-corrected chi connectivity index (χ4v) is 10.8. The van der Waals surface area contributed by atoms with Crippen LogP contribution >= 0.6 is 0 Å². The Kier molecular flexibility index (Phi) is 11.5. The van der Waals surface area contributed by atoms with Gasteiger partial charge in [0.1, 0.15) is 5.82 Å². The Labute approximate surface area is 446 Å². The first kappa shape index (κ1) is 46.9. The molecule has 7 heteroatoms. The number of para-hydroxylation sites is 3. The van der Waals surface area contributed by atoms with Gasteiger partial charge in [-0.2, -0.15) is 6.07 Å². The number of fused-ring (bicyclic) bond motifs is 10. The molecule has 0 amide bonds. The van der Waals surface area contributed by atoms with E-state index in [1.54, 1.807) is 6.20 Å². The van der Waals surface area contributed by atoms with Gasteiger partial charge in [-0.15, -0.1) is 23.6 Å². The smallest absolute Gasteiger partial charge is 0.135 e. The van der Waals surface area contributed by atoms with Gasteiger partial charge < -0.3 is 23.8 Å². The molecule has 0 spiro atoms. The summed E-state index contributed by atoms with van der Waals surface area (Å²) in [6.45, 7) is 15.8. The zero-order valence-corrected chi connectivity index (χ0v) is 44.4. The molecule has 0 N–H and O–H groups in total. The van der Waals surface area contributed by atoms with Gasteiger partial charge in [-0.1, -0.05) is 198 Å². The van der Waals surface area contributed by atoms with Gasteiger partial charge in [-0.3, -0.25) is 0 Å². The molecule has 0 bridgehead atoms. The van der Waals surface area contributed by atoms with E-state index in [-0.39, 0.29) is 31.9 Å². The minimum atomic E-state index is -0.0993. The second kappa shape index (κ2) is 18.1. The molecule has 0 unspecified atom stereocenters. The molecule has 4 aromatic heterocycles. The molecule has 13 rings (SSSR count). The van der Waals surface area contributed by atoms with Gasteiger partial charge in [-0.05, 0) is 136 Å². The van der Waals surface area contributed by atoms with Crippen molar-refractivity contribution in [2.75, 3.05) is 4.90 Å². The summed E-state index contributed by atoms with van der Waals surface area (Å²) in [4.78, 5) is 11.9. The van der Waals surface area contributed by atoms with Crippen molar-refractivity contribution in [3.8, 4) is 39.6 Å². The summed E-state index contributed by atoms with van der Waals surface area (Å²) in [5.41, 5.74) is 12.8. The van der Waals surface area contributed by atoms with Gasteiger partial charge in [0.2, 0.25) is 0 Å². The van der Waals surface area contributed by atoms with Crippen LogP contribution in [0.5, 0.6) is 11.5 Å². The standard InChI is InChI=1S/C67H52N5O.Pt/c1-66(2,3)46-32-33-69-63(37-46)72-60-28-15-14-24-56(60)57-31-30-49(39-62(57)72)73-50-38-48(40-68-41-50)70-42-71-64-51(45-34-44(43-18-8-7-9-19-43)35-47(36-45)67(4,5)6)25-16-26-58(64)54-22-12-10-20-52(54)53-21-11-13-23-55(53)59-27-17-29-61(70)65(59)71;/h7-37,40-42H,1-6H3;/q-3;. The molecule has 364 valence electrons. The zero-order valence-electron chi connectivity index (χ0n) is 42.1.